The van der Waals surface area contributed by atoms with Gasteiger partial charge in [-0.1, -0.05) is 49.5 Å². The minimum absolute atomic E-state index is 0.574. The van der Waals surface area contributed by atoms with E-state index in [1.54, 1.807) is 6.07 Å². The molecule has 2 aromatic rings. The fraction of sp³-hybridized carbons (Fsp3) is 0.143. The normalized spacial score (nSPS) is 10.5. The zero-order chi connectivity index (χ0) is 13.8. The van der Waals surface area contributed by atoms with E-state index in [1.165, 1.54) is 5.56 Å². The van der Waals surface area contributed by atoms with Crippen molar-refractivity contribution in [2.24, 2.45) is 0 Å². The fourth-order valence-corrected chi connectivity index (χ4v) is 2.82. The molecular formula is C14H12Br2ClNO. The van der Waals surface area contributed by atoms with Crippen LogP contribution in [0.3, 0.4) is 0 Å². The molecule has 0 amide bonds. The summed E-state index contributed by atoms with van der Waals surface area (Å²) in [5, 5.41) is 3.69. The van der Waals surface area contributed by atoms with Gasteiger partial charge in [-0.2, -0.15) is 0 Å². The molecule has 0 aromatic heterocycles. The van der Waals surface area contributed by atoms with Gasteiger partial charge in [-0.3, -0.25) is 0 Å². The minimum Gasteiger partial charge on any atom is -0.456 e. The molecule has 0 atom stereocenters. The first kappa shape index (κ1) is 14.9. The number of halogens is 3. The van der Waals surface area contributed by atoms with Crippen LogP contribution in [0.25, 0.3) is 0 Å². The van der Waals surface area contributed by atoms with Crippen LogP contribution < -0.4 is 10.1 Å². The Kier molecular flexibility index (Phi) is 5.28. The summed E-state index contributed by atoms with van der Waals surface area (Å²) in [5.41, 5.74) is 1.18. The molecule has 0 aliphatic heterocycles. The third kappa shape index (κ3) is 3.96. The molecular weight excluding hydrogens is 393 g/mol. The third-order valence-electron chi connectivity index (χ3n) is 2.51. The Balaban J connectivity index is 2.21. The summed E-state index contributed by atoms with van der Waals surface area (Å²) in [7, 11) is 1.92. The predicted molar refractivity (Wildman–Crippen MR) is 86.1 cm³/mol. The summed E-state index contributed by atoms with van der Waals surface area (Å²) in [4.78, 5) is 0. The lowest BCUT2D eigenvalue weighted by atomic mass is 10.2. The van der Waals surface area contributed by atoms with Crippen molar-refractivity contribution in [1.82, 2.24) is 5.32 Å². The van der Waals surface area contributed by atoms with Gasteiger partial charge in [-0.05, 0) is 42.9 Å². The molecule has 0 aliphatic rings. The van der Waals surface area contributed by atoms with Crippen LogP contribution in [0, 0.1) is 0 Å². The quantitative estimate of drug-likeness (QED) is 0.738. The van der Waals surface area contributed by atoms with Gasteiger partial charge in [0.1, 0.15) is 11.5 Å². The molecule has 0 spiro atoms. The summed E-state index contributed by atoms with van der Waals surface area (Å²) in [6, 6.07) is 11.4. The average Bonchev–Trinajstić information content (AvgIpc) is 2.36. The molecule has 0 saturated heterocycles. The molecule has 0 fully saturated rings. The molecule has 0 unspecified atom stereocenters. The molecule has 19 heavy (non-hydrogen) atoms. The van der Waals surface area contributed by atoms with Crippen molar-refractivity contribution in [2.75, 3.05) is 7.05 Å². The molecule has 2 rings (SSSR count). The van der Waals surface area contributed by atoms with E-state index in [4.69, 9.17) is 16.3 Å². The van der Waals surface area contributed by atoms with Crippen LogP contribution in [0.1, 0.15) is 5.56 Å². The smallest absolute Gasteiger partial charge is 0.146 e. The van der Waals surface area contributed by atoms with Crippen LogP contribution in [0.2, 0.25) is 5.02 Å². The standard InChI is InChI=1S/C14H12Br2ClNO/c1-18-8-9-2-4-11(7-12(9)16)19-14-5-3-10(15)6-13(14)17/h2-7,18H,8H2,1H3. The first-order valence-corrected chi connectivity index (χ1v) is 7.62. The maximum absolute atomic E-state index is 6.12. The second kappa shape index (κ2) is 6.75. The zero-order valence-electron chi connectivity index (χ0n) is 10.2. The second-order valence-corrected chi connectivity index (χ2v) is 6.14. The molecule has 5 heteroatoms. The Morgan fingerprint density at radius 1 is 1.16 bits per heavy atom. The highest BCUT2D eigenvalue weighted by molar-refractivity contribution is 9.10. The number of benzene rings is 2. The van der Waals surface area contributed by atoms with Gasteiger partial charge < -0.3 is 10.1 Å². The van der Waals surface area contributed by atoms with Gasteiger partial charge in [0, 0.05) is 15.5 Å². The molecule has 0 heterocycles. The first-order valence-electron chi connectivity index (χ1n) is 5.66. The maximum atomic E-state index is 6.12. The van der Waals surface area contributed by atoms with E-state index in [0.717, 1.165) is 21.2 Å². The summed E-state index contributed by atoms with van der Waals surface area (Å²) < 4.78 is 7.71. The van der Waals surface area contributed by atoms with E-state index in [-0.39, 0.29) is 0 Å². The summed E-state index contributed by atoms with van der Waals surface area (Å²) in [6.45, 7) is 0.805. The predicted octanol–water partition coefficient (Wildman–Crippen LogP) is 5.38. The van der Waals surface area contributed by atoms with Gasteiger partial charge in [0.2, 0.25) is 0 Å². The highest BCUT2D eigenvalue weighted by Gasteiger charge is 2.06. The molecule has 0 bridgehead atoms. The highest BCUT2D eigenvalue weighted by Crippen LogP contribution is 2.33. The lowest BCUT2D eigenvalue weighted by Gasteiger charge is -2.10. The average molecular weight is 406 g/mol. The van der Waals surface area contributed by atoms with Gasteiger partial charge in [-0.25, -0.2) is 0 Å². The van der Waals surface area contributed by atoms with E-state index in [0.29, 0.717) is 10.8 Å². The molecule has 2 nitrogen and oxygen atoms in total. The van der Waals surface area contributed by atoms with Gasteiger partial charge in [-0.15, -0.1) is 0 Å². The Bertz CT molecular complexity index is 590. The third-order valence-corrected chi connectivity index (χ3v) is 4.04. The van der Waals surface area contributed by atoms with Crippen molar-refractivity contribution in [1.29, 1.82) is 0 Å². The molecule has 2 aromatic carbocycles. The molecule has 0 radical (unpaired) electrons. The monoisotopic (exact) mass is 403 g/mol. The number of nitrogens with one attached hydrogen (secondary N) is 1. The lowest BCUT2D eigenvalue weighted by Crippen LogP contribution is -2.05. The molecule has 0 aliphatic carbocycles. The van der Waals surface area contributed by atoms with Crippen LogP contribution in [0.4, 0.5) is 0 Å². The van der Waals surface area contributed by atoms with Crippen molar-refractivity contribution in [3.63, 3.8) is 0 Å². The SMILES string of the molecule is CNCc1ccc(Oc2ccc(Br)cc2Cl)cc1Br. The van der Waals surface area contributed by atoms with Crippen LogP contribution in [0.5, 0.6) is 11.5 Å². The zero-order valence-corrected chi connectivity index (χ0v) is 14.1. The number of hydrogen-bond donors (Lipinski definition) is 1. The van der Waals surface area contributed by atoms with E-state index in [1.807, 2.05) is 37.4 Å². The fourth-order valence-electron chi connectivity index (χ4n) is 1.61. The van der Waals surface area contributed by atoms with E-state index in [2.05, 4.69) is 37.2 Å². The van der Waals surface area contributed by atoms with E-state index >= 15 is 0 Å². The summed E-state index contributed by atoms with van der Waals surface area (Å²) >= 11 is 13.0. The van der Waals surface area contributed by atoms with Crippen molar-refractivity contribution >= 4 is 43.5 Å². The van der Waals surface area contributed by atoms with Gasteiger partial charge >= 0.3 is 0 Å². The number of hydrogen-bond acceptors (Lipinski definition) is 2. The first-order chi connectivity index (χ1) is 9.10. The van der Waals surface area contributed by atoms with Gasteiger partial charge in [0.05, 0.1) is 5.02 Å². The van der Waals surface area contributed by atoms with Crippen molar-refractivity contribution in [3.8, 4) is 11.5 Å². The lowest BCUT2D eigenvalue weighted by molar-refractivity contribution is 0.482. The number of ether oxygens (including phenoxy) is 1. The Morgan fingerprint density at radius 3 is 2.58 bits per heavy atom. The van der Waals surface area contributed by atoms with Gasteiger partial charge in [0.25, 0.3) is 0 Å². The summed E-state index contributed by atoms with van der Waals surface area (Å²) in [6.07, 6.45) is 0. The summed E-state index contributed by atoms with van der Waals surface area (Å²) in [5.74, 6) is 1.38. The molecule has 100 valence electrons. The van der Waals surface area contributed by atoms with Crippen molar-refractivity contribution in [3.05, 3.63) is 55.9 Å². The second-order valence-electron chi connectivity index (χ2n) is 3.96. The topological polar surface area (TPSA) is 21.3 Å². The van der Waals surface area contributed by atoms with E-state index in [9.17, 15) is 0 Å². The van der Waals surface area contributed by atoms with Crippen molar-refractivity contribution < 1.29 is 4.74 Å². The maximum Gasteiger partial charge on any atom is 0.146 e. The Morgan fingerprint density at radius 2 is 1.95 bits per heavy atom. The van der Waals surface area contributed by atoms with E-state index < -0.39 is 0 Å². The largest absolute Gasteiger partial charge is 0.456 e. The van der Waals surface area contributed by atoms with Crippen LogP contribution in [0.15, 0.2) is 45.3 Å². The van der Waals surface area contributed by atoms with Gasteiger partial charge in [0.15, 0.2) is 0 Å². The van der Waals surface area contributed by atoms with Crippen LogP contribution >= 0.6 is 43.5 Å². The van der Waals surface area contributed by atoms with Crippen molar-refractivity contribution in [2.45, 2.75) is 6.54 Å². The van der Waals surface area contributed by atoms with Crippen LogP contribution in [-0.4, -0.2) is 7.05 Å². The number of rotatable bonds is 4. The Labute approximate surface area is 134 Å². The highest BCUT2D eigenvalue weighted by atomic mass is 79.9. The molecule has 0 saturated carbocycles. The molecule has 1 N–H and O–H groups in total. The van der Waals surface area contributed by atoms with Crippen LogP contribution in [-0.2, 0) is 6.54 Å². The Hall–Kier alpha value is -0.550. The minimum atomic E-state index is 0.574.